The maximum atomic E-state index is 12.9. The molecule has 1 amide bonds. The molecule has 2 aliphatic rings. The number of pyridine rings is 1. The fourth-order valence-corrected chi connectivity index (χ4v) is 4.04. The third-order valence-corrected chi connectivity index (χ3v) is 5.39. The Balaban J connectivity index is 1.48. The summed E-state index contributed by atoms with van der Waals surface area (Å²) in [4.78, 5) is 21.5. The SMILES string of the molecule is O=C(c1nccc2ccccc12)N1CCN([C@@H]2CCC[C@H]2O)CC1. The largest absolute Gasteiger partial charge is 0.391 e. The van der Waals surface area contributed by atoms with Crippen molar-refractivity contribution < 1.29 is 9.90 Å². The van der Waals surface area contributed by atoms with Crippen LogP contribution in [-0.4, -0.2) is 64.1 Å². The molecule has 2 atom stereocenters. The van der Waals surface area contributed by atoms with Crippen molar-refractivity contribution in [1.82, 2.24) is 14.8 Å². The van der Waals surface area contributed by atoms with Gasteiger partial charge in [-0.25, -0.2) is 0 Å². The van der Waals surface area contributed by atoms with Crippen LogP contribution in [0.4, 0.5) is 0 Å². The van der Waals surface area contributed by atoms with Gasteiger partial charge in [0, 0.05) is 43.8 Å². The summed E-state index contributed by atoms with van der Waals surface area (Å²) in [7, 11) is 0. The number of amides is 1. The predicted octanol–water partition coefficient (Wildman–Crippen LogP) is 1.91. The number of rotatable bonds is 2. The Morgan fingerprint density at radius 3 is 2.62 bits per heavy atom. The summed E-state index contributed by atoms with van der Waals surface area (Å²) in [5.41, 5.74) is 0.544. The van der Waals surface area contributed by atoms with Gasteiger partial charge in [-0.15, -0.1) is 0 Å². The molecule has 126 valence electrons. The second kappa shape index (κ2) is 6.49. The molecule has 1 saturated carbocycles. The standard InChI is InChI=1S/C19H23N3O2/c23-17-7-3-6-16(17)21-10-12-22(13-11-21)19(24)18-15-5-2-1-4-14(15)8-9-20-18/h1-2,4-5,8-9,16-17,23H,3,6-7,10-13H2/t16-,17-/m1/s1. The first kappa shape index (κ1) is 15.5. The van der Waals surface area contributed by atoms with Gasteiger partial charge in [-0.05, 0) is 30.7 Å². The maximum absolute atomic E-state index is 12.9. The Morgan fingerprint density at radius 2 is 1.88 bits per heavy atom. The molecule has 1 aromatic carbocycles. The highest BCUT2D eigenvalue weighted by Gasteiger charge is 2.33. The average molecular weight is 325 g/mol. The molecule has 0 radical (unpaired) electrons. The van der Waals surface area contributed by atoms with Crippen molar-refractivity contribution >= 4 is 16.7 Å². The number of nitrogens with zero attached hydrogens (tertiary/aromatic N) is 3. The van der Waals surface area contributed by atoms with Crippen molar-refractivity contribution in [3.63, 3.8) is 0 Å². The number of aliphatic hydroxyl groups excluding tert-OH is 1. The van der Waals surface area contributed by atoms with Gasteiger partial charge in [0.05, 0.1) is 6.10 Å². The van der Waals surface area contributed by atoms with Gasteiger partial charge in [-0.3, -0.25) is 14.7 Å². The first-order valence-electron chi connectivity index (χ1n) is 8.79. The third kappa shape index (κ3) is 2.78. The highest BCUT2D eigenvalue weighted by atomic mass is 16.3. The smallest absolute Gasteiger partial charge is 0.273 e. The number of carbonyl (C=O) groups excluding carboxylic acids is 1. The first-order chi connectivity index (χ1) is 11.7. The van der Waals surface area contributed by atoms with Gasteiger partial charge in [-0.2, -0.15) is 0 Å². The molecule has 5 heteroatoms. The van der Waals surface area contributed by atoms with E-state index in [-0.39, 0.29) is 18.1 Å². The highest BCUT2D eigenvalue weighted by molar-refractivity contribution is 6.05. The number of aliphatic hydroxyl groups is 1. The van der Waals surface area contributed by atoms with Crippen LogP contribution in [0, 0.1) is 0 Å². The predicted molar refractivity (Wildman–Crippen MR) is 92.9 cm³/mol. The lowest BCUT2D eigenvalue weighted by Crippen LogP contribution is -2.53. The number of carbonyl (C=O) groups is 1. The molecule has 2 aromatic rings. The summed E-state index contributed by atoms with van der Waals surface area (Å²) in [6.45, 7) is 3.07. The van der Waals surface area contributed by atoms with E-state index in [0.29, 0.717) is 18.8 Å². The molecule has 0 spiro atoms. The second-order valence-electron chi connectivity index (χ2n) is 6.77. The van der Waals surface area contributed by atoms with E-state index in [4.69, 9.17) is 0 Å². The molecular formula is C19H23N3O2. The summed E-state index contributed by atoms with van der Waals surface area (Å²) in [6, 6.07) is 10.1. The van der Waals surface area contributed by atoms with E-state index in [1.54, 1.807) is 6.20 Å². The molecule has 24 heavy (non-hydrogen) atoms. The van der Waals surface area contributed by atoms with Gasteiger partial charge in [-0.1, -0.05) is 24.3 Å². The van der Waals surface area contributed by atoms with E-state index in [1.165, 1.54) is 0 Å². The Kier molecular flexibility index (Phi) is 4.21. The fraction of sp³-hybridized carbons (Fsp3) is 0.474. The van der Waals surface area contributed by atoms with Crippen molar-refractivity contribution in [2.45, 2.75) is 31.4 Å². The van der Waals surface area contributed by atoms with Crippen molar-refractivity contribution in [3.8, 4) is 0 Å². The lowest BCUT2D eigenvalue weighted by molar-refractivity contribution is 0.0314. The fourth-order valence-electron chi connectivity index (χ4n) is 4.04. The minimum atomic E-state index is -0.202. The van der Waals surface area contributed by atoms with E-state index in [0.717, 1.165) is 43.1 Å². The van der Waals surface area contributed by atoms with Gasteiger partial charge in [0.15, 0.2) is 0 Å². The third-order valence-electron chi connectivity index (χ3n) is 5.39. The number of aromatic nitrogens is 1. The van der Waals surface area contributed by atoms with Crippen LogP contribution in [0.25, 0.3) is 10.8 Å². The van der Waals surface area contributed by atoms with Gasteiger partial charge in [0.2, 0.25) is 0 Å². The number of hydrogen-bond donors (Lipinski definition) is 1. The van der Waals surface area contributed by atoms with Crippen molar-refractivity contribution in [2.75, 3.05) is 26.2 Å². The van der Waals surface area contributed by atoms with Crippen LogP contribution in [0.15, 0.2) is 36.5 Å². The zero-order valence-electron chi connectivity index (χ0n) is 13.8. The Bertz CT molecular complexity index is 735. The van der Waals surface area contributed by atoms with Crippen LogP contribution >= 0.6 is 0 Å². The van der Waals surface area contributed by atoms with Crippen LogP contribution in [0.3, 0.4) is 0 Å². The summed E-state index contributed by atoms with van der Waals surface area (Å²) in [6.07, 6.45) is 4.59. The monoisotopic (exact) mass is 325 g/mol. The molecule has 0 bridgehead atoms. The highest BCUT2D eigenvalue weighted by Crippen LogP contribution is 2.25. The molecule has 1 aliphatic carbocycles. The maximum Gasteiger partial charge on any atom is 0.273 e. The Morgan fingerprint density at radius 1 is 1.08 bits per heavy atom. The first-order valence-corrected chi connectivity index (χ1v) is 8.79. The summed E-state index contributed by atoms with van der Waals surface area (Å²) in [5.74, 6) is 0.0124. The van der Waals surface area contributed by atoms with Crippen LogP contribution in [-0.2, 0) is 0 Å². The van der Waals surface area contributed by atoms with Crippen LogP contribution in [0.1, 0.15) is 29.8 Å². The van der Waals surface area contributed by atoms with Gasteiger partial charge < -0.3 is 10.0 Å². The van der Waals surface area contributed by atoms with Crippen molar-refractivity contribution in [2.24, 2.45) is 0 Å². The zero-order valence-corrected chi connectivity index (χ0v) is 13.8. The Labute approximate surface area is 141 Å². The van der Waals surface area contributed by atoms with Crippen molar-refractivity contribution in [3.05, 3.63) is 42.2 Å². The number of piperazine rings is 1. The lowest BCUT2D eigenvalue weighted by atomic mass is 10.1. The van der Waals surface area contributed by atoms with Crippen molar-refractivity contribution in [1.29, 1.82) is 0 Å². The summed E-state index contributed by atoms with van der Waals surface area (Å²) >= 11 is 0. The van der Waals surface area contributed by atoms with E-state index in [2.05, 4.69) is 9.88 Å². The second-order valence-corrected chi connectivity index (χ2v) is 6.77. The molecule has 4 rings (SSSR count). The molecule has 1 saturated heterocycles. The number of benzene rings is 1. The summed E-state index contributed by atoms with van der Waals surface area (Å²) in [5, 5.41) is 12.0. The molecule has 0 unspecified atom stereocenters. The number of fused-ring (bicyclic) bond motifs is 1. The molecule has 2 fully saturated rings. The lowest BCUT2D eigenvalue weighted by Gasteiger charge is -2.39. The van der Waals surface area contributed by atoms with E-state index >= 15 is 0 Å². The normalized spacial score (nSPS) is 25.3. The molecule has 1 N–H and O–H groups in total. The summed E-state index contributed by atoms with van der Waals surface area (Å²) < 4.78 is 0. The van der Waals surface area contributed by atoms with E-state index in [9.17, 15) is 9.90 Å². The average Bonchev–Trinajstić information content (AvgIpc) is 3.07. The molecule has 1 aliphatic heterocycles. The van der Waals surface area contributed by atoms with E-state index < -0.39 is 0 Å². The topological polar surface area (TPSA) is 56.7 Å². The quantitative estimate of drug-likeness (QED) is 0.916. The molecular weight excluding hydrogens is 302 g/mol. The Hall–Kier alpha value is -1.98. The van der Waals surface area contributed by atoms with E-state index in [1.807, 2.05) is 35.2 Å². The molecule has 1 aromatic heterocycles. The van der Waals surface area contributed by atoms with Gasteiger partial charge >= 0.3 is 0 Å². The minimum Gasteiger partial charge on any atom is -0.391 e. The zero-order chi connectivity index (χ0) is 16.5. The van der Waals surface area contributed by atoms with Crippen LogP contribution in [0.2, 0.25) is 0 Å². The molecule has 5 nitrogen and oxygen atoms in total. The van der Waals surface area contributed by atoms with Gasteiger partial charge in [0.25, 0.3) is 5.91 Å². The number of hydrogen-bond acceptors (Lipinski definition) is 4. The van der Waals surface area contributed by atoms with Gasteiger partial charge in [0.1, 0.15) is 5.69 Å². The minimum absolute atomic E-state index is 0.0124. The van der Waals surface area contributed by atoms with Crippen LogP contribution < -0.4 is 0 Å². The van der Waals surface area contributed by atoms with Crippen LogP contribution in [0.5, 0.6) is 0 Å². The molecule has 2 heterocycles.